The molecule has 2 rings (SSSR count). The summed E-state index contributed by atoms with van der Waals surface area (Å²) in [6, 6.07) is 1.41. The van der Waals surface area contributed by atoms with E-state index >= 15 is 0 Å². The van der Waals surface area contributed by atoms with Crippen molar-refractivity contribution in [1.82, 2.24) is 14.8 Å². The van der Waals surface area contributed by atoms with Gasteiger partial charge in [0.15, 0.2) is 0 Å². The van der Waals surface area contributed by atoms with Crippen molar-refractivity contribution in [2.24, 2.45) is 5.73 Å². The highest BCUT2D eigenvalue weighted by Crippen LogP contribution is 2.06. The molecule has 0 atom stereocenters. The Labute approximate surface area is 90.7 Å². The third kappa shape index (κ3) is 1.72. The average molecular weight is 218 g/mol. The van der Waals surface area contributed by atoms with E-state index in [-0.39, 0.29) is 5.56 Å². The third-order valence-electron chi connectivity index (χ3n) is 2.13. The Morgan fingerprint density at radius 3 is 2.88 bits per heavy atom. The summed E-state index contributed by atoms with van der Waals surface area (Å²) in [7, 11) is 0. The zero-order valence-electron chi connectivity index (χ0n) is 8.60. The number of aryl methyl sites for hydroxylation is 1. The van der Waals surface area contributed by atoms with Gasteiger partial charge in [-0.05, 0) is 18.6 Å². The van der Waals surface area contributed by atoms with E-state index in [0.29, 0.717) is 5.69 Å². The fraction of sp³-hybridized carbons (Fsp3) is 0.100. The molecule has 0 aliphatic heterocycles. The van der Waals surface area contributed by atoms with Crippen molar-refractivity contribution in [3.8, 4) is 5.69 Å². The van der Waals surface area contributed by atoms with Crippen LogP contribution in [0.1, 0.15) is 15.9 Å². The van der Waals surface area contributed by atoms with Gasteiger partial charge < -0.3 is 10.7 Å². The van der Waals surface area contributed by atoms with Crippen LogP contribution in [0.5, 0.6) is 0 Å². The minimum Gasteiger partial charge on any atom is -0.365 e. The highest BCUT2D eigenvalue weighted by molar-refractivity contribution is 5.92. The molecular formula is C10H10N4O2. The Morgan fingerprint density at radius 1 is 1.56 bits per heavy atom. The molecule has 16 heavy (non-hydrogen) atoms. The van der Waals surface area contributed by atoms with Crippen LogP contribution in [-0.4, -0.2) is 20.7 Å². The average Bonchev–Trinajstić information content (AvgIpc) is 2.65. The number of nitrogens with two attached hydrogens (primary N) is 1. The highest BCUT2D eigenvalue weighted by atomic mass is 16.2. The van der Waals surface area contributed by atoms with Crippen LogP contribution in [0.3, 0.4) is 0 Å². The topological polar surface area (TPSA) is 93.8 Å². The number of primary amides is 1. The minimum atomic E-state index is -0.757. The van der Waals surface area contributed by atoms with Crippen molar-refractivity contribution in [3.63, 3.8) is 0 Å². The Bertz CT molecular complexity index is 597. The second-order valence-electron chi connectivity index (χ2n) is 3.43. The van der Waals surface area contributed by atoms with Crippen LogP contribution in [0.15, 0.2) is 29.5 Å². The van der Waals surface area contributed by atoms with Crippen LogP contribution in [0.4, 0.5) is 0 Å². The molecule has 0 aliphatic rings. The lowest BCUT2D eigenvalue weighted by molar-refractivity contribution is 0.0999. The molecule has 82 valence electrons. The second kappa shape index (κ2) is 3.65. The van der Waals surface area contributed by atoms with Gasteiger partial charge in [-0.2, -0.15) is 5.10 Å². The first-order valence-electron chi connectivity index (χ1n) is 4.62. The zero-order valence-corrected chi connectivity index (χ0v) is 8.60. The number of H-pyrrole nitrogens is 1. The first kappa shape index (κ1) is 10.2. The zero-order chi connectivity index (χ0) is 11.7. The molecule has 0 unspecified atom stereocenters. The molecule has 2 aromatic rings. The summed E-state index contributed by atoms with van der Waals surface area (Å²) in [5.74, 6) is -0.757. The largest absolute Gasteiger partial charge is 0.365 e. The molecule has 0 saturated carbocycles. The number of nitrogens with zero attached hydrogens (tertiary/aromatic N) is 2. The molecule has 0 radical (unpaired) electrons. The molecule has 0 saturated heterocycles. The van der Waals surface area contributed by atoms with E-state index in [9.17, 15) is 9.59 Å². The number of hydrogen-bond donors (Lipinski definition) is 2. The summed E-state index contributed by atoms with van der Waals surface area (Å²) in [5, 5.41) is 4.06. The number of pyridine rings is 1. The third-order valence-corrected chi connectivity index (χ3v) is 2.13. The molecule has 2 heterocycles. The maximum atomic E-state index is 11.3. The molecule has 1 amide bonds. The van der Waals surface area contributed by atoms with E-state index in [1.165, 1.54) is 12.3 Å². The maximum absolute atomic E-state index is 11.3. The monoisotopic (exact) mass is 218 g/mol. The molecule has 0 aliphatic carbocycles. The van der Waals surface area contributed by atoms with Crippen molar-refractivity contribution in [1.29, 1.82) is 0 Å². The number of carbonyl (C=O) groups is 1. The molecule has 2 aromatic heterocycles. The predicted molar refractivity (Wildman–Crippen MR) is 57.4 cm³/mol. The number of nitrogens with one attached hydrogen (secondary N) is 1. The van der Waals surface area contributed by atoms with Gasteiger partial charge in [0.2, 0.25) is 0 Å². The number of hydrogen-bond acceptors (Lipinski definition) is 3. The van der Waals surface area contributed by atoms with Gasteiger partial charge in [-0.25, -0.2) is 4.68 Å². The number of carbonyl (C=O) groups excluding carboxylic acids is 1. The highest BCUT2D eigenvalue weighted by Gasteiger charge is 2.08. The molecule has 6 heteroatoms. The number of rotatable bonds is 2. The summed E-state index contributed by atoms with van der Waals surface area (Å²) in [6.07, 6.45) is 4.93. The molecule has 0 spiro atoms. The van der Waals surface area contributed by atoms with Gasteiger partial charge in [-0.15, -0.1) is 0 Å². The van der Waals surface area contributed by atoms with E-state index in [2.05, 4.69) is 10.1 Å². The second-order valence-corrected chi connectivity index (χ2v) is 3.43. The van der Waals surface area contributed by atoms with Crippen molar-refractivity contribution in [2.75, 3.05) is 0 Å². The van der Waals surface area contributed by atoms with Crippen molar-refractivity contribution >= 4 is 5.91 Å². The van der Waals surface area contributed by atoms with E-state index in [4.69, 9.17) is 5.73 Å². The molecule has 3 N–H and O–H groups in total. The Morgan fingerprint density at radius 2 is 2.31 bits per heavy atom. The molecule has 6 nitrogen and oxygen atoms in total. The Balaban J connectivity index is 2.55. The normalized spacial score (nSPS) is 10.3. The summed E-state index contributed by atoms with van der Waals surface area (Å²) in [6.45, 7) is 1.89. The Kier molecular flexibility index (Phi) is 2.32. The van der Waals surface area contributed by atoms with Crippen LogP contribution < -0.4 is 11.3 Å². The number of aromatic amines is 1. The van der Waals surface area contributed by atoms with E-state index in [0.717, 1.165) is 5.56 Å². The fourth-order valence-electron chi connectivity index (χ4n) is 1.34. The van der Waals surface area contributed by atoms with Crippen molar-refractivity contribution < 1.29 is 4.79 Å². The summed E-state index contributed by atoms with van der Waals surface area (Å²) in [5.41, 5.74) is 6.06. The lowest BCUT2D eigenvalue weighted by Gasteiger charge is -2.01. The predicted octanol–water partition coefficient (Wildman–Crippen LogP) is -0.0321. The Hall–Kier alpha value is -2.37. The smallest absolute Gasteiger partial charge is 0.260 e. The van der Waals surface area contributed by atoms with Crippen molar-refractivity contribution in [2.45, 2.75) is 6.92 Å². The molecule has 0 aromatic carbocycles. The summed E-state index contributed by atoms with van der Waals surface area (Å²) in [4.78, 5) is 24.7. The van der Waals surface area contributed by atoms with Crippen LogP contribution in [0.25, 0.3) is 5.69 Å². The van der Waals surface area contributed by atoms with Gasteiger partial charge in [0.1, 0.15) is 5.56 Å². The lowest BCUT2D eigenvalue weighted by Crippen LogP contribution is -2.23. The lowest BCUT2D eigenvalue weighted by atomic mass is 10.2. The van der Waals surface area contributed by atoms with Crippen LogP contribution >= 0.6 is 0 Å². The molecule has 0 bridgehead atoms. The van der Waals surface area contributed by atoms with Gasteiger partial charge in [0.05, 0.1) is 11.9 Å². The first-order chi connectivity index (χ1) is 7.58. The summed E-state index contributed by atoms with van der Waals surface area (Å²) < 4.78 is 1.55. The van der Waals surface area contributed by atoms with Gasteiger partial charge in [0, 0.05) is 12.4 Å². The van der Waals surface area contributed by atoms with Crippen LogP contribution in [-0.2, 0) is 0 Å². The van der Waals surface area contributed by atoms with Gasteiger partial charge >= 0.3 is 0 Å². The van der Waals surface area contributed by atoms with Crippen LogP contribution in [0, 0.1) is 6.92 Å². The van der Waals surface area contributed by atoms with Crippen LogP contribution in [0.2, 0.25) is 0 Å². The standard InChI is InChI=1S/C10H10N4O2/c1-6-3-13-14(5-6)7-2-8(9(11)15)10(16)12-4-7/h2-5H,1H3,(H2,11,15)(H,12,16). The molecule has 0 fully saturated rings. The van der Waals surface area contributed by atoms with E-state index in [1.54, 1.807) is 17.1 Å². The minimum absolute atomic E-state index is 0.0781. The van der Waals surface area contributed by atoms with E-state index in [1.807, 2.05) is 6.92 Å². The van der Waals surface area contributed by atoms with Gasteiger partial charge in [-0.1, -0.05) is 0 Å². The number of amides is 1. The van der Waals surface area contributed by atoms with Gasteiger partial charge in [0.25, 0.3) is 11.5 Å². The van der Waals surface area contributed by atoms with Crippen molar-refractivity contribution in [3.05, 3.63) is 46.1 Å². The van der Waals surface area contributed by atoms with E-state index < -0.39 is 11.5 Å². The number of aromatic nitrogens is 3. The summed E-state index contributed by atoms with van der Waals surface area (Å²) >= 11 is 0. The fourth-order valence-corrected chi connectivity index (χ4v) is 1.34. The SMILES string of the molecule is Cc1cnn(-c2c[nH]c(=O)c(C(N)=O)c2)c1. The molecular weight excluding hydrogens is 208 g/mol. The van der Waals surface area contributed by atoms with Gasteiger partial charge in [-0.3, -0.25) is 9.59 Å². The first-order valence-corrected chi connectivity index (χ1v) is 4.62. The maximum Gasteiger partial charge on any atom is 0.260 e. The quantitative estimate of drug-likeness (QED) is 0.741.